The number of aliphatic hydroxyl groups excluding tert-OH is 2. The molecule has 1 aromatic rings. The van der Waals surface area contributed by atoms with Gasteiger partial charge in [0.2, 0.25) is 0 Å². The van der Waals surface area contributed by atoms with E-state index in [0.717, 1.165) is 11.8 Å². The summed E-state index contributed by atoms with van der Waals surface area (Å²) < 4.78 is 0. The maximum absolute atomic E-state index is 10.8. The van der Waals surface area contributed by atoms with Crippen molar-refractivity contribution in [3.8, 4) is 6.07 Å². The van der Waals surface area contributed by atoms with Crippen LogP contribution in [0, 0.1) is 18.3 Å². The molecule has 0 aliphatic carbocycles. The van der Waals surface area contributed by atoms with Crippen molar-refractivity contribution in [2.45, 2.75) is 32.5 Å². The second-order valence-corrected chi connectivity index (χ2v) is 5.46. The van der Waals surface area contributed by atoms with Gasteiger partial charge in [-0.1, -0.05) is 11.8 Å². The van der Waals surface area contributed by atoms with Crippen LogP contribution in [0.15, 0.2) is 12.3 Å². The maximum Gasteiger partial charge on any atom is 0.185 e. The molecule has 0 bridgehead atoms. The Kier molecular flexibility index (Phi) is 5.96. The lowest BCUT2D eigenvalue weighted by atomic mass is 10.0. The molecule has 0 saturated carbocycles. The van der Waals surface area contributed by atoms with Gasteiger partial charge in [-0.3, -0.25) is 4.79 Å². The Morgan fingerprint density at radius 3 is 2.79 bits per heavy atom. The summed E-state index contributed by atoms with van der Waals surface area (Å²) in [5, 5.41) is 28.6. The highest BCUT2D eigenvalue weighted by Crippen LogP contribution is 2.21. The number of aliphatic hydroxyl groups is 2. The Labute approximate surface area is 116 Å². The molecule has 0 aliphatic rings. The first kappa shape index (κ1) is 15.6. The molecule has 19 heavy (non-hydrogen) atoms. The first-order valence-electron chi connectivity index (χ1n) is 5.82. The molecule has 0 spiro atoms. The minimum absolute atomic E-state index is 0.0161. The van der Waals surface area contributed by atoms with Crippen LogP contribution in [0.25, 0.3) is 0 Å². The zero-order valence-corrected chi connectivity index (χ0v) is 11.6. The lowest BCUT2D eigenvalue weighted by molar-refractivity contribution is -0.109. The first-order chi connectivity index (χ1) is 8.95. The fourth-order valence-corrected chi connectivity index (χ4v) is 2.23. The van der Waals surface area contributed by atoms with Gasteiger partial charge >= 0.3 is 0 Å². The molecule has 1 heterocycles. The number of aryl methyl sites for hydroxylation is 1. The Morgan fingerprint density at radius 2 is 2.26 bits per heavy atom. The van der Waals surface area contributed by atoms with Crippen molar-refractivity contribution in [2.75, 3.05) is 5.75 Å². The molecule has 5 nitrogen and oxygen atoms in total. The third kappa shape index (κ3) is 4.63. The molecule has 0 amide bonds. The van der Waals surface area contributed by atoms with Gasteiger partial charge in [-0.05, 0) is 25.0 Å². The number of thioether (sulfide) groups is 1. The third-order valence-electron chi connectivity index (χ3n) is 2.63. The van der Waals surface area contributed by atoms with Crippen LogP contribution in [0.4, 0.5) is 0 Å². The number of rotatable bonds is 5. The molecule has 1 rings (SSSR count). The van der Waals surface area contributed by atoms with Crippen molar-refractivity contribution in [3.63, 3.8) is 0 Å². The van der Waals surface area contributed by atoms with Gasteiger partial charge in [0.05, 0.1) is 6.10 Å². The third-order valence-corrected chi connectivity index (χ3v) is 3.48. The van der Waals surface area contributed by atoms with E-state index < -0.39 is 12.2 Å². The van der Waals surface area contributed by atoms with E-state index in [-0.39, 0.29) is 5.12 Å². The van der Waals surface area contributed by atoms with Gasteiger partial charge in [0.1, 0.15) is 17.9 Å². The van der Waals surface area contributed by atoms with Crippen molar-refractivity contribution < 1.29 is 15.0 Å². The molecule has 0 fully saturated rings. The number of hydrogen-bond acceptors (Lipinski definition) is 6. The smallest absolute Gasteiger partial charge is 0.185 e. The summed E-state index contributed by atoms with van der Waals surface area (Å²) in [4.78, 5) is 14.7. The van der Waals surface area contributed by atoms with Crippen molar-refractivity contribution in [1.82, 2.24) is 4.98 Å². The van der Waals surface area contributed by atoms with Crippen LogP contribution in [0.1, 0.15) is 36.3 Å². The second kappa shape index (κ2) is 7.24. The molecule has 2 N–H and O–H groups in total. The van der Waals surface area contributed by atoms with E-state index in [1.165, 1.54) is 13.1 Å². The van der Waals surface area contributed by atoms with Gasteiger partial charge in [0.15, 0.2) is 5.12 Å². The standard InChI is InChI=1S/C13H16N2O3S/c1-8-5-10(7-15-11(8)6-14)13(18)12(17)3-4-19-9(2)16/h5,7,12-13,17-18H,3-4H2,1-2H3. The van der Waals surface area contributed by atoms with Crippen molar-refractivity contribution in [2.24, 2.45) is 0 Å². The number of pyridine rings is 1. The minimum Gasteiger partial charge on any atom is -0.390 e. The van der Waals surface area contributed by atoms with Crippen molar-refractivity contribution in [3.05, 3.63) is 29.1 Å². The summed E-state index contributed by atoms with van der Waals surface area (Å²) in [6.45, 7) is 3.18. The number of nitriles is 1. The van der Waals surface area contributed by atoms with Crippen LogP contribution in [-0.4, -0.2) is 32.2 Å². The Balaban J connectivity index is 2.66. The van der Waals surface area contributed by atoms with Crippen molar-refractivity contribution in [1.29, 1.82) is 5.26 Å². The average Bonchev–Trinajstić information content (AvgIpc) is 2.37. The van der Waals surface area contributed by atoms with Gasteiger partial charge in [-0.2, -0.15) is 5.26 Å². The van der Waals surface area contributed by atoms with Crippen LogP contribution >= 0.6 is 11.8 Å². The fourth-order valence-electron chi connectivity index (χ4n) is 1.58. The number of carbonyl (C=O) groups is 1. The zero-order chi connectivity index (χ0) is 14.4. The van der Waals surface area contributed by atoms with E-state index >= 15 is 0 Å². The van der Waals surface area contributed by atoms with Crippen LogP contribution in [-0.2, 0) is 4.79 Å². The molecular weight excluding hydrogens is 264 g/mol. The zero-order valence-electron chi connectivity index (χ0n) is 10.8. The quantitative estimate of drug-likeness (QED) is 0.845. The fraction of sp³-hybridized carbons (Fsp3) is 0.462. The van der Waals surface area contributed by atoms with Crippen LogP contribution < -0.4 is 0 Å². The Hall–Kier alpha value is -1.42. The largest absolute Gasteiger partial charge is 0.390 e. The minimum atomic E-state index is -1.06. The molecule has 1 aromatic heterocycles. The summed E-state index contributed by atoms with van der Waals surface area (Å²) >= 11 is 1.11. The van der Waals surface area contributed by atoms with Gasteiger partial charge in [0, 0.05) is 24.4 Å². The second-order valence-electron chi connectivity index (χ2n) is 4.19. The summed E-state index contributed by atoms with van der Waals surface area (Å²) in [5.41, 5.74) is 1.43. The van der Waals surface area contributed by atoms with E-state index in [0.29, 0.717) is 29.0 Å². The SMILES string of the molecule is CC(=O)SCCC(O)C(O)c1cnc(C#N)c(C)c1. The summed E-state index contributed by atoms with van der Waals surface area (Å²) in [7, 11) is 0. The molecular formula is C13H16N2O3S. The summed E-state index contributed by atoms with van der Waals surface area (Å²) in [6.07, 6.45) is -0.324. The molecule has 0 aliphatic heterocycles. The predicted octanol–water partition coefficient (Wildman–Crippen LogP) is 1.33. The number of carbonyl (C=O) groups excluding carboxylic acids is 1. The van der Waals surface area contributed by atoms with Crippen LogP contribution in [0.5, 0.6) is 0 Å². The highest BCUT2D eigenvalue weighted by Gasteiger charge is 2.19. The number of hydrogen-bond donors (Lipinski definition) is 2. The Morgan fingerprint density at radius 1 is 1.58 bits per heavy atom. The molecule has 102 valence electrons. The molecule has 2 atom stereocenters. The molecule has 6 heteroatoms. The molecule has 0 aromatic carbocycles. The van der Waals surface area contributed by atoms with Crippen LogP contribution in [0.2, 0.25) is 0 Å². The maximum atomic E-state index is 10.8. The highest BCUT2D eigenvalue weighted by atomic mass is 32.2. The normalized spacial score (nSPS) is 13.6. The molecule has 0 radical (unpaired) electrons. The van der Waals surface area contributed by atoms with Gasteiger partial charge in [-0.15, -0.1) is 0 Å². The van der Waals surface area contributed by atoms with Gasteiger partial charge in [0.25, 0.3) is 0 Å². The monoisotopic (exact) mass is 280 g/mol. The number of aromatic nitrogens is 1. The van der Waals surface area contributed by atoms with E-state index in [4.69, 9.17) is 5.26 Å². The lowest BCUT2D eigenvalue weighted by Gasteiger charge is -2.18. The lowest BCUT2D eigenvalue weighted by Crippen LogP contribution is -2.19. The van der Waals surface area contributed by atoms with E-state index in [1.54, 1.807) is 13.0 Å². The molecule has 0 saturated heterocycles. The average molecular weight is 280 g/mol. The van der Waals surface area contributed by atoms with E-state index in [9.17, 15) is 15.0 Å². The highest BCUT2D eigenvalue weighted by molar-refractivity contribution is 8.13. The molecule has 2 unspecified atom stereocenters. The van der Waals surface area contributed by atoms with Crippen molar-refractivity contribution >= 4 is 16.9 Å². The number of nitrogens with zero attached hydrogens (tertiary/aromatic N) is 2. The first-order valence-corrected chi connectivity index (χ1v) is 6.80. The van der Waals surface area contributed by atoms with E-state index in [1.807, 2.05) is 6.07 Å². The topological polar surface area (TPSA) is 94.2 Å². The summed E-state index contributed by atoms with van der Waals surface area (Å²) in [5.74, 6) is 0.455. The van der Waals surface area contributed by atoms with E-state index in [2.05, 4.69) is 4.98 Å². The van der Waals surface area contributed by atoms with Gasteiger partial charge in [-0.25, -0.2) is 4.98 Å². The van der Waals surface area contributed by atoms with Gasteiger partial charge < -0.3 is 10.2 Å². The predicted molar refractivity (Wildman–Crippen MR) is 72.4 cm³/mol. The summed E-state index contributed by atoms with van der Waals surface area (Å²) in [6, 6.07) is 3.58. The Bertz CT molecular complexity index is 499. The van der Waals surface area contributed by atoms with Crippen LogP contribution in [0.3, 0.4) is 0 Å².